The van der Waals surface area contributed by atoms with Gasteiger partial charge in [0.15, 0.2) is 0 Å². The molecule has 21 heavy (non-hydrogen) atoms. The molecule has 108 valence electrons. The summed E-state index contributed by atoms with van der Waals surface area (Å²) in [7, 11) is 0. The van der Waals surface area contributed by atoms with Crippen LogP contribution in [0.3, 0.4) is 0 Å². The van der Waals surface area contributed by atoms with Crippen LogP contribution in [0.5, 0.6) is 0 Å². The maximum absolute atomic E-state index is 11.7. The Bertz CT molecular complexity index is 854. The number of aryl methyl sites for hydroxylation is 1. The number of fused-ring (bicyclic) bond motifs is 1. The van der Waals surface area contributed by atoms with Crippen molar-refractivity contribution in [1.82, 2.24) is 15.0 Å². The highest BCUT2D eigenvalue weighted by Gasteiger charge is 2.12. The molecule has 6 nitrogen and oxygen atoms in total. The molecule has 1 aromatic carbocycles. The molecule has 7 heteroatoms. The van der Waals surface area contributed by atoms with E-state index in [4.69, 9.17) is 5.73 Å². The molecule has 4 N–H and O–H groups in total. The molecule has 0 bridgehead atoms. The molecular weight excluding hydrogens is 286 g/mol. The summed E-state index contributed by atoms with van der Waals surface area (Å²) in [6.45, 7) is 3.99. The van der Waals surface area contributed by atoms with E-state index in [0.29, 0.717) is 16.6 Å². The van der Waals surface area contributed by atoms with Crippen LogP contribution in [0.2, 0.25) is 0 Å². The minimum atomic E-state index is -0.193. The van der Waals surface area contributed by atoms with E-state index in [1.54, 1.807) is 23.5 Å². The number of aromatic nitrogens is 3. The van der Waals surface area contributed by atoms with Gasteiger partial charge in [0.25, 0.3) is 5.56 Å². The van der Waals surface area contributed by atoms with Crippen LogP contribution in [0, 0.1) is 6.92 Å². The number of rotatable bonds is 3. The molecule has 0 aliphatic carbocycles. The number of anilines is 2. The number of nitrogens with one attached hydrogen (secondary N) is 2. The van der Waals surface area contributed by atoms with E-state index in [2.05, 4.69) is 20.3 Å². The predicted octanol–water partition coefficient (Wildman–Crippen LogP) is 2.44. The molecule has 0 spiro atoms. The standard InChI is InChI=1S/C14H15N5OS/c1-7-5-21-14(18-7)8(2)19-12-4-11-9(3-10(12)15)13(20)17-6-16-11/h3-6,8,19H,15H2,1-2H3,(H,16,17,20). The third kappa shape index (κ3) is 2.59. The molecule has 2 aromatic heterocycles. The second-order valence-electron chi connectivity index (χ2n) is 4.88. The fourth-order valence-corrected chi connectivity index (χ4v) is 2.93. The Morgan fingerprint density at radius 3 is 2.95 bits per heavy atom. The summed E-state index contributed by atoms with van der Waals surface area (Å²) in [5.41, 5.74) is 8.71. The van der Waals surface area contributed by atoms with Crippen LogP contribution < -0.4 is 16.6 Å². The first kappa shape index (κ1) is 13.6. The van der Waals surface area contributed by atoms with Gasteiger partial charge in [-0.3, -0.25) is 4.79 Å². The van der Waals surface area contributed by atoms with E-state index in [9.17, 15) is 4.79 Å². The molecular formula is C14H15N5OS. The van der Waals surface area contributed by atoms with Crippen molar-refractivity contribution in [3.8, 4) is 0 Å². The molecule has 0 radical (unpaired) electrons. The summed E-state index contributed by atoms with van der Waals surface area (Å²) >= 11 is 1.60. The number of H-pyrrole nitrogens is 1. The maximum Gasteiger partial charge on any atom is 0.258 e. The summed E-state index contributed by atoms with van der Waals surface area (Å²) in [4.78, 5) is 22.9. The SMILES string of the molecule is Cc1csc(C(C)Nc2cc3nc[nH]c(=O)c3cc2N)n1. The van der Waals surface area contributed by atoms with Crippen molar-refractivity contribution in [2.45, 2.75) is 19.9 Å². The van der Waals surface area contributed by atoms with Crippen LogP contribution >= 0.6 is 11.3 Å². The Morgan fingerprint density at radius 1 is 1.43 bits per heavy atom. The number of nitrogen functional groups attached to an aromatic ring is 1. The molecule has 3 rings (SSSR count). The van der Waals surface area contributed by atoms with Crippen molar-refractivity contribution >= 4 is 33.6 Å². The van der Waals surface area contributed by atoms with Gasteiger partial charge in [-0.25, -0.2) is 9.97 Å². The smallest absolute Gasteiger partial charge is 0.258 e. The largest absolute Gasteiger partial charge is 0.397 e. The Morgan fingerprint density at radius 2 is 2.24 bits per heavy atom. The zero-order chi connectivity index (χ0) is 15.0. The molecule has 0 fully saturated rings. The minimum absolute atomic E-state index is 0.0328. The second kappa shape index (κ2) is 5.17. The van der Waals surface area contributed by atoms with Gasteiger partial charge in [-0.2, -0.15) is 0 Å². The highest BCUT2D eigenvalue weighted by molar-refractivity contribution is 7.09. The number of hydrogen-bond donors (Lipinski definition) is 3. The van der Waals surface area contributed by atoms with Crippen LogP contribution in [0.15, 0.2) is 28.6 Å². The number of nitrogens with two attached hydrogens (primary N) is 1. The number of thiazole rings is 1. The fourth-order valence-electron chi connectivity index (χ4n) is 2.12. The topological polar surface area (TPSA) is 96.7 Å². The predicted molar refractivity (Wildman–Crippen MR) is 85.7 cm³/mol. The number of nitrogens with zero attached hydrogens (tertiary/aromatic N) is 2. The van der Waals surface area contributed by atoms with Gasteiger partial charge >= 0.3 is 0 Å². The van der Waals surface area contributed by atoms with Gasteiger partial charge in [-0.1, -0.05) is 0 Å². The molecule has 0 amide bonds. The van der Waals surface area contributed by atoms with Gasteiger partial charge in [0.2, 0.25) is 0 Å². The highest BCUT2D eigenvalue weighted by Crippen LogP contribution is 2.28. The molecule has 0 saturated heterocycles. The molecule has 0 saturated carbocycles. The van der Waals surface area contributed by atoms with E-state index in [-0.39, 0.29) is 11.6 Å². The lowest BCUT2D eigenvalue weighted by Gasteiger charge is -2.15. The normalized spacial score (nSPS) is 12.5. The summed E-state index contributed by atoms with van der Waals surface area (Å²) in [5.74, 6) is 0. The lowest BCUT2D eigenvalue weighted by Crippen LogP contribution is -2.11. The molecule has 0 aliphatic rings. The lowest BCUT2D eigenvalue weighted by atomic mass is 10.2. The number of aromatic amines is 1. The average molecular weight is 301 g/mol. The van der Waals surface area contributed by atoms with E-state index >= 15 is 0 Å². The Balaban J connectivity index is 1.97. The maximum atomic E-state index is 11.7. The van der Waals surface area contributed by atoms with Crippen LogP contribution in [0.1, 0.15) is 23.7 Å². The van der Waals surface area contributed by atoms with Crippen LogP contribution in [0.4, 0.5) is 11.4 Å². The number of hydrogen-bond acceptors (Lipinski definition) is 6. The summed E-state index contributed by atoms with van der Waals surface area (Å²) < 4.78 is 0. The van der Waals surface area contributed by atoms with Gasteiger partial charge in [-0.15, -0.1) is 11.3 Å². The third-order valence-corrected chi connectivity index (χ3v) is 4.34. The molecule has 2 heterocycles. The van der Waals surface area contributed by atoms with E-state index in [1.165, 1.54) is 6.33 Å². The molecule has 0 aliphatic heterocycles. The van der Waals surface area contributed by atoms with Gasteiger partial charge < -0.3 is 16.0 Å². The van der Waals surface area contributed by atoms with Crippen molar-refractivity contribution in [3.63, 3.8) is 0 Å². The monoisotopic (exact) mass is 301 g/mol. The third-order valence-electron chi connectivity index (χ3n) is 3.19. The quantitative estimate of drug-likeness (QED) is 0.646. The summed E-state index contributed by atoms with van der Waals surface area (Å²) in [6, 6.07) is 3.46. The minimum Gasteiger partial charge on any atom is -0.397 e. The van der Waals surface area contributed by atoms with Gasteiger partial charge in [0, 0.05) is 11.1 Å². The molecule has 1 atom stereocenters. The van der Waals surface area contributed by atoms with Crippen molar-refractivity contribution in [3.05, 3.63) is 44.9 Å². The highest BCUT2D eigenvalue weighted by atomic mass is 32.1. The summed E-state index contributed by atoms with van der Waals surface area (Å²) in [6.07, 6.45) is 1.39. The van der Waals surface area contributed by atoms with E-state index < -0.39 is 0 Å². The van der Waals surface area contributed by atoms with Crippen molar-refractivity contribution in [2.24, 2.45) is 0 Å². The van der Waals surface area contributed by atoms with Crippen molar-refractivity contribution < 1.29 is 0 Å². The Labute approximate surface area is 125 Å². The zero-order valence-electron chi connectivity index (χ0n) is 11.7. The van der Waals surface area contributed by atoms with Gasteiger partial charge in [0.05, 0.1) is 34.6 Å². The average Bonchev–Trinajstić information content (AvgIpc) is 2.88. The molecule has 1 unspecified atom stereocenters. The first-order valence-electron chi connectivity index (χ1n) is 6.50. The Kier molecular flexibility index (Phi) is 3.34. The lowest BCUT2D eigenvalue weighted by molar-refractivity contribution is 0.865. The van der Waals surface area contributed by atoms with Gasteiger partial charge in [-0.05, 0) is 26.0 Å². The van der Waals surface area contributed by atoms with E-state index in [1.807, 2.05) is 19.2 Å². The van der Waals surface area contributed by atoms with Crippen molar-refractivity contribution in [2.75, 3.05) is 11.1 Å². The van der Waals surface area contributed by atoms with Crippen LogP contribution in [0.25, 0.3) is 10.9 Å². The molecule has 3 aromatic rings. The summed E-state index contributed by atoms with van der Waals surface area (Å²) in [5, 5.41) is 6.81. The number of benzene rings is 1. The van der Waals surface area contributed by atoms with Crippen LogP contribution in [-0.4, -0.2) is 15.0 Å². The second-order valence-corrected chi connectivity index (χ2v) is 5.77. The van der Waals surface area contributed by atoms with Gasteiger partial charge in [0.1, 0.15) is 5.01 Å². The van der Waals surface area contributed by atoms with Crippen LogP contribution in [-0.2, 0) is 0 Å². The Hall–Kier alpha value is -2.41. The first-order chi connectivity index (χ1) is 10.0. The van der Waals surface area contributed by atoms with Crippen molar-refractivity contribution in [1.29, 1.82) is 0 Å². The fraction of sp³-hybridized carbons (Fsp3) is 0.214. The van der Waals surface area contributed by atoms with E-state index in [0.717, 1.165) is 16.4 Å². The zero-order valence-corrected chi connectivity index (χ0v) is 12.5. The first-order valence-corrected chi connectivity index (χ1v) is 7.38.